The van der Waals surface area contributed by atoms with Crippen LogP contribution in [0.1, 0.15) is 30.5 Å². The van der Waals surface area contributed by atoms with Crippen LogP contribution in [0, 0.1) is 0 Å². The molecule has 1 fully saturated rings. The van der Waals surface area contributed by atoms with Gasteiger partial charge in [-0.2, -0.15) is 0 Å². The molecular weight excluding hydrogens is 530 g/mol. The highest BCUT2D eigenvalue weighted by molar-refractivity contribution is 9.10. The first kappa shape index (κ1) is 26.4. The second-order valence-electron chi connectivity index (χ2n) is 8.04. The number of nitrogens with one attached hydrogen (secondary N) is 2. The molecule has 0 aromatic heterocycles. The summed E-state index contributed by atoms with van der Waals surface area (Å²) in [6.45, 7) is 4.09. The minimum absolute atomic E-state index is 0.0892. The summed E-state index contributed by atoms with van der Waals surface area (Å²) in [6.07, 6.45) is 1.91. The monoisotopic (exact) mass is 557 g/mol. The minimum Gasteiger partial charge on any atom is -0.399 e. The molecule has 1 saturated heterocycles. The van der Waals surface area contributed by atoms with Crippen LogP contribution in [0.15, 0.2) is 77.3 Å². The average Bonchev–Trinajstić information content (AvgIpc) is 3.33. The van der Waals surface area contributed by atoms with Crippen molar-refractivity contribution in [2.24, 2.45) is 0 Å². The van der Waals surface area contributed by atoms with Crippen LogP contribution >= 0.6 is 27.5 Å². The van der Waals surface area contributed by atoms with Gasteiger partial charge in [0.2, 0.25) is 6.41 Å². The molecule has 0 spiro atoms. The molecule has 9 heteroatoms. The van der Waals surface area contributed by atoms with E-state index in [-0.39, 0.29) is 12.1 Å². The maximum Gasteiger partial charge on any atom is 0.315 e. The molecule has 3 aromatic carbocycles. The SMILES string of the molecule is CC(NC(=O)NCc1ccc(N)cc1)c1ccc(Cl)cc1.O=CN1CCCN1c1ccccc1Br. The number of anilines is 2. The fourth-order valence-electron chi connectivity index (χ4n) is 3.56. The lowest BCUT2D eigenvalue weighted by molar-refractivity contribution is -0.117. The van der Waals surface area contributed by atoms with Gasteiger partial charge in [0, 0.05) is 34.8 Å². The predicted molar refractivity (Wildman–Crippen MR) is 145 cm³/mol. The molecule has 4 N–H and O–H groups in total. The topological polar surface area (TPSA) is 90.7 Å². The Balaban J connectivity index is 0.000000211. The number of halogens is 2. The number of carbonyl (C=O) groups excluding carboxylic acids is 2. The van der Waals surface area contributed by atoms with E-state index >= 15 is 0 Å². The first-order valence-corrected chi connectivity index (χ1v) is 12.4. The fourth-order valence-corrected chi connectivity index (χ4v) is 4.18. The molecule has 4 rings (SSSR count). The van der Waals surface area contributed by atoms with Crippen molar-refractivity contribution in [3.8, 4) is 0 Å². The van der Waals surface area contributed by atoms with Gasteiger partial charge in [-0.25, -0.2) is 4.79 Å². The second kappa shape index (κ2) is 13.0. The van der Waals surface area contributed by atoms with E-state index in [0.29, 0.717) is 17.3 Å². The Hall–Kier alpha value is -3.23. The first-order chi connectivity index (χ1) is 16.9. The van der Waals surface area contributed by atoms with Crippen molar-refractivity contribution in [3.63, 3.8) is 0 Å². The van der Waals surface area contributed by atoms with Crippen LogP contribution in [-0.2, 0) is 11.3 Å². The van der Waals surface area contributed by atoms with Gasteiger partial charge >= 0.3 is 6.03 Å². The van der Waals surface area contributed by atoms with E-state index in [4.69, 9.17) is 17.3 Å². The second-order valence-corrected chi connectivity index (χ2v) is 9.33. The summed E-state index contributed by atoms with van der Waals surface area (Å²) in [6, 6.07) is 22.4. The minimum atomic E-state index is -0.214. The van der Waals surface area contributed by atoms with E-state index in [1.165, 1.54) is 0 Å². The zero-order chi connectivity index (χ0) is 25.2. The van der Waals surface area contributed by atoms with Gasteiger partial charge < -0.3 is 16.4 Å². The van der Waals surface area contributed by atoms with Gasteiger partial charge in [-0.05, 0) is 76.8 Å². The molecule has 1 aliphatic rings. The molecule has 1 heterocycles. The van der Waals surface area contributed by atoms with E-state index in [9.17, 15) is 9.59 Å². The molecule has 1 atom stereocenters. The van der Waals surface area contributed by atoms with E-state index < -0.39 is 0 Å². The van der Waals surface area contributed by atoms with Crippen LogP contribution < -0.4 is 21.4 Å². The molecule has 7 nitrogen and oxygen atoms in total. The molecular formula is C26H29BrClN5O2. The maximum absolute atomic E-state index is 11.9. The van der Waals surface area contributed by atoms with Crippen molar-refractivity contribution in [1.82, 2.24) is 15.6 Å². The van der Waals surface area contributed by atoms with Gasteiger partial charge in [0.1, 0.15) is 0 Å². The van der Waals surface area contributed by atoms with Gasteiger partial charge in [-0.15, -0.1) is 0 Å². The first-order valence-electron chi connectivity index (χ1n) is 11.3. The molecule has 1 unspecified atom stereocenters. The number of nitrogens with two attached hydrogens (primary N) is 1. The highest BCUT2D eigenvalue weighted by Gasteiger charge is 2.21. The molecule has 0 bridgehead atoms. The van der Waals surface area contributed by atoms with Crippen LogP contribution in [0.4, 0.5) is 16.2 Å². The zero-order valence-corrected chi connectivity index (χ0v) is 21.8. The van der Waals surface area contributed by atoms with E-state index in [2.05, 4.69) is 26.6 Å². The largest absolute Gasteiger partial charge is 0.399 e. The predicted octanol–water partition coefficient (Wildman–Crippen LogP) is 5.52. The number of hydrogen-bond acceptors (Lipinski definition) is 4. The van der Waals surface area contributed by atoms with Crippen LogP contribution in [-0.4, -0.2) is 30.5 Å². The number of hydrogen-bond donors (Lipinski definition) is 3. The summed E-state index contributed by atoms with van der Waals surface area (Å²) in [5.74, 6) is 0. The zero-order valence-electron chi connectivity index (χ0n) is 19.5. The fraction of sp³-hybridized carbons (Fsp3) is 0.231. The van der Waals surface area contributed by atoms with Crippen LogP contribution in [0.3, 0.4) is 0 Å². The van der Waals surface area contributed by atoms with Crippen molar-refractivity contribution in [3.05, 3.63) is 93.4 Å². The van der Waals surface area contributed by atoms with E-state index in [1.807, 2.05) is 72.6 Å². The number of para-hydroxylation sites is 1. The van der Waals surface area contributed by atoms with E-state index in [0.717, 1.165) is 47.2 Å². The third-order valence-corrected chi connectivity index (χ3v) is 6.39. The van der Waals surface area contributed by atoms with Crippen molar-refractivity contribution < 1.29 is 9.59 Å². The summed E-state index contributed by atoms with van der Waals surface area (Å²) in [5.41, 5.74) is 9.38. The molecule has 1 aliphatic heterocycles. The van der Waals surface area contributed by atoms with Crippen LogP contribution in [0.25, 0.3) is 0 Å². The Bertz CT molecular complexity index is 1110. The van der Waals surface area contributed by atoms with Crippen molar-refractivity contribution in [1.29, 1.82) is 0 Å². The highest BCUT2D eigenvalue weighted by atomic mass is 79.9. The van der Waals surface area contributed by atoms with E-state index in [1.54, 1.807) is 17.1 Å². The Kier molecular flexibility index (Phi) is 9.81. The normalized spacial score (nSPS) is 13.5. The van der Waals surface area contributed by atoms with Gasteiger partial charge in [-0.3, -0.25) is 14.8 Å². The number of benzene rings is 3. The summed E-state index contributed by atoms with van der Waals surface area (Å²) in [7, 11) is 0. The third kappa shape index (κ3) is 7.90. The lowest BCUT2D eigenvalue weighted by atomic mass is 10.1. The van der Waals surface area contributed by atoms with Crippen LogP contribution in [0.2, 0.25) is 5.02 Å². The molecule has 0 aliphatic carbocycles. The van der Waals surface area contributed by atoms with Gasteiger partial charge in [0.25, 0.3) is 0 Å². The maximum atomic E-state index is 11.9. The number of nitrogen functional groups attached to an aromatic ring is 1. The third-order valence-electron chi connectivity index (χ3n) is 5.47. The van der Waals surface area contributed by atoms with Gasteiger partial charge in [0.15, 0.2) is 0 Å². The quantitative estimate of drug-likeness (QED) is 0.275. The summed E-state index contributed by atoms with van der Waals surface area (Å²) >= 11 is 9.32. The molecule has 0 saturated carbocycles. The lowest BCUT2D eigenvalue weighted by Crippen LogP contribution is -2.36. The van der Waals surface area contributed by atoms with Crippen LogP contribution in [0.5, 0.6) is 0 Å². The number of amides is 3. The summed E-state index contributed by atoms with van der Waals surface area (Å²) < 4.78 is 1.02. The van der Waals surface area contributed by atoms with Gasteiger partial charge in [-0.1, -0.05) is 48.0 Å². The average molecular weight is 559 g/mol. The highest BCUT2D eigenvalue weighted by Crippen LogP contribution is 2.28. The summed E-state index contributed by atoms with van der Waals surface area (Å²) in [5, 5.41) is 10.1. The number of hydrazine groups is 1. The molecule has 3 amide bonds. The Morgan fingerprint density at radius 1 is 1.09 bits per heavy atom. The molecule has 184 valence electrons. The number of carbonyl (C=O) groups is 2. The Labute approximate surface area is 219 Å². The molecule has 35 heavy (non-hydrogen) atoms. The Morgan fingerprint density at radius 2 is 1.77 bits per heavy atom. The molecule has 3 aromatic rings. The lowest BCUT2D eigenvalue weighted by Gasteiger charge is -2.26. The standard InChI is InChI=1S/C16H18ClN3O.C10H11BrN2O/c1-11(13-4-6-14(17)7-5-13)20-16(21)19-10-12-2-8-15(18)9-3-12;11-9-4-1-2-5-10(9)13-7-3-6-12(13)8-14/h2-9,11H,10,18H2,1H3,(H2,19,20,21);1-2,4-5,8H,3,6-7H2. The number of rotatable bonds is 6. The van der Waals surface area contributed by atoms with Crippen molar-refractivity contribution >= 4 is 51.3 Å². The Morgan fingerprint density at radius 3 is 2.43 bits per heavy atom. The smallest absolute Gasteiger partial charge is 0.315 e. The van der Waals surface area contributed by atoms with Gasteiger partial charge in [0.05, 0.1) is 11.7 Å². The number of nitrogens with zero attached hydrogens (tertiary/aromatic N) is 2. The number of urea groups is 1. The summed E-state index contributed by atoms with van der Waals surface area (Å²) in [4.78, 5) is 22.6. The van der Waals surface area contributed by atoms with Crippen molar-refractivity contribution in [2.75, 3.05) is 23.8 Å². The van der Waals surface area contributed by atoms with Crippen molar-refractivity contribution in [2.45, 2.75) is 25.9 Å². The molecule has 0 radical (unpaired) electrons.